The molecule has 2 heterocycles. The van der Waals surface area contributed by atoms with Crippen LogP contribution in [-0.2, 0) is 22.6 Å². The zero-order valence-electron chi connectivity index (χ0n) is 22.1. The second-order valence-electron chi connectivity index (χ2n) is 9.47. The average molecular weight is 503 g/mol. The van der Waals surface area contributed by atoms with Crippen LogP contribution in [0.4, 0.5) is 5.69 Å². The SMILES string of the molecule is CCOc1ccccc1CN1CCCCCCCN(C(=O)COC)c2ccc(-c3cncnc3)cc2C1. The number of aromatic nitrogens is 2. The lowest BCUT2D eigenvalue weighted by atomic mass is 10.0. The number of hydrogen-bond donors (Lipinski definition) is 0. The molecule has 0 saturated carbocycles. The van der Waals surface area contributed by atoms with E-state index < -0.39 is 0 Å². The lowest BCUT2D eigenvalue weighted by molar-refractivity contribution is -0.122. The summed E-state index contributed by atoms with van der Waals surface area (Å²) in [6.07, 6.45) is 10.8. The minimum absolute atomic E-state index is 0.00940. The maximum atomic E-state index is 13.2. The molecule has 0 radical (unpaired) electrons. The highest BCUT2D eigenvalue weighted by Gasteiger charge is 2.22. The Hall–Kier alpha value is -3.29. The van der Waals surface area contributed by atoms with Crippen molar-refractivity contribution in [2.75, 3.05) is 38.3 Å². The summed E-state index contributed by atoms with van der Waals surface area (Å²) >= 11 is 0. The molecule has 7 heteroatoms. The molecule has 0 saturated heterocycles. The molecule has 0 atom stereocenters. The Bertz CT molecular complexity index is 1140. The predicted molar refractivity (Wildman–Crippen MR) is 147 cm³/mol. The molecular formula is C30H38N4O3. The highest BCUT2D eigenvalue weighted by Crippen LogP contribution is 2.31. The normalized spacial score (nSPS) is 15.4. The van der Waals surface area contributed by atoms with Gasteiger partial charge in [-0.1, -0.05) is 43.5 Å². The third kappa shape index (κ3) is 7.37. The van der Waals surface area contributed by atoms with Crippen LogP contribution < -0.4 is 9.64 Å². The number of carbonyl (C=O) groups excluding carboxylic acids is 1. The van der Waals surface area contributed by atoms with Crippen LogP contribution in [-0.4, -0.2) is 54.2 Å². The minimum atomic E-state index is -0.00940. The monoisotopic (exact) mass is 502 g/mol. The Labute approximate surface area is 220 Å². The van der Waals surface area contributed by atoms with Gasteiger partial charge in [0.1, 0.15) is 18.7 Å². The van der Waals surface area contributed by atoms with Crippen LogP contribution in [0.2, 0.25) is 0 Å². The van der Waals surface area contributed by atoms with E-state index in [1.54, 1.807) is 13.4 Å². The van der Waals surface area contributed by atoms with Crippen LogP contribution >= 0.6 is 0 Å². The van der Waals surface area contributed by atoms with E-state index in [4.69, 9.17) is 9.47 Å². The van der Waals surface area contributed by atoms with E-state index in [2.05, 4.69) is 45.2 Å². The molecule has 1 amide bonds. The van der Waals surface area contributed by atoms with Gasteiger partial charge in [-0.3, -0.25) is 9.69 Å². The summed E-state index contributed by atoms with van der Waals surface area (Å²) in [4.78, 5) is 26.0. The molecule has 2 aromatic carbocycles. The number of hydrogen-bond acceptors (Lipinski definition) is 6. The number of fused-ring (bicyclic) bond motifs is 1. The Balaban J connectivity index is 1.74. The van der Waals surface area contributed by atoms with E-state index in [1.807, 2.05) is 36.4 Å². The van der Waals surface area contributed by atoms with Gasteiger partial charge in [-0.05, 0) is 55.6 Å². The number of ether oxygens (including phenoxy) is 2. The van der Waals surface area contributed by atoms with Crippen LogP contribution in [0.15, 0.2) is 61.2 Å². The first-order valence-corrected chi connectivity index (χ1v) is 13.3. The van der Waals surface area contributed by atoms with Crippen LogP contribution in [0.3, 0.4) is 0 Å². The Morgan fingerprint density at radius 2 is 1.70 bits per heavy atom. The highest BCUT2D eigenvalue weighted by molar-refractivity contribution is 5.95. The summed E-state index contributed by atoms with van der Waals surface area (Å²) < 4.78 is 11.2. The van der Waals surface area contributed by atoms with Crippen molar-refractivity contribution in [1.82, 2.24) is 14.9 Å². The van der Waals surface area contributed by atoms with Crippen molar-refractivity contribution in [1.29, 1.82) is 0 Å². The van der Waals surface area contributed by atoms with Crippen molar-refractivity contribution in [3.8, 4) is 16.9 Å². The first kappa shape index (κ1) is 26.8. The standard InChI is InChI=1S/C30H38N4O3/c1-3-37-29-12-8-7-11-25(29)20-33-15-9-5-4-6-10-16-34(30(35)22-36-2)28-14-13-24(17-26(28)21-33)27-18-31-23-32-19-27/h7-8,11-14,17-19,23H,3-6,9-10,15-16,20-22H2,1-2H3. The highest BCUT2D eigenvalue weighted by atomic mass is 16.5. The van der Waals surface area contributed by atoms with Crippen molar-refractivity contribution in [2.45, 2.75) is 52.1 Å². The van der Waals surface area contributed by atoms with Crippen molar-refractivity contribution in [2.24, 2.45) is 0 Å². The largest absolute Gasteiger partial charge is 0.494 e. The molecule has 7 nitrogen and oxygen atoms in total. The zero-order valence-corrected chi connectivity index (χ0v) is 22.1. The van der Waals surface area contributed by atoms with Crippen LogP contribution in [0, 0.1) is 0 Å². The second-order valence-corrected chi connectivity index (χ2v) is 9.47. The fraction of sp³-hybridized carbons (Fsp3) is 0.433. The molecule has 0 bridgehead atoms. The maximum absolute atomic E-state index is 13.2. The number of benzene rings is 2. The van der Waals surface area contributed by atoms with Gasteiger partial charge in [0.25, 0.3) is 5.91 Å². The molecule has 37 heavy (non-hydrogen) atoms. The molecule has 0 unspecified atom stereocenters. The van der Waals surface area contributed by atoms with Crippen LogP contribution in [0.25, 0.3) is 11.1 Å². The number of anilines is 1. The van der Waals surface area contributed by atoms with E-state index in [1.165, 1.54) is 18.4 Å². The molecule has 1 aliphatic heterocycles. The van der Waals surface area contributed by atoms with Gasteiger partial charge in [-0.25, -0.2) is 9.97 Å². The van der Waals surface area contributed by atoms with Gasteiger partial charge in [-0.15, -0.1) is 0 Å². The molecular weight excluding hydrogens is 464 g/mol. The minimum Gasteiger partial charge on any atom is -0.494 e. The first-order valence-electron chi connectivity index (χ1n) is 13.3. The van der Waals surface area contributed by atoms with Crippen molar-refractivity contribution >= 4 is 11.6 Å². The van der Waals surface area contributed by atoms with Gasteiger partial charge in [0.15, 0.2) is 0 Å². The number of rotatable bonds is 7. The van der Waals surface area contributed by atoms with Gasteiger partial charge in [0.2, 0.25) is 0 Å². The maximum Gasteiger partial charge on any atom is 0.252 e. The topological polar surface area (TPSA) is 67.8 Å². The van der Waals surface area contributed by atoms with Gasteiger partial charge < -0.3 is 14.4 Å². The van der Waals surface area contributed by atoms with Gasteiger partial charge >= 0.3 is 0 Å². The fourth-order valence-corrected chi connectivity index (χ4v) is 4.95. The lowest BCUT2D eigenvalue weighted by Crippen LogP contribution is -2.36. The van der Waals surface area contributed by atoms with Crippen molar-refractivity contribution in [3.63, 3.8) is 0 Å². The van der Waals surface area contributed by atoms with Gasteiger partial charge in [0.05, 0.1) is 6.61 Å². The molecule has 0 fully saturated rings. The van der Waals surface area contributed by atoms with Crippen LogP contribution in [0.1, 0.15) is 50.2 Å². The van der Waals surface area contributed by atoms with Crippen molar-refractivity contribution < 1.29 is 14.3 Å². The molecule has 0 aliphatic carbocycles. The third-order valence-corrected chi connectivity index (χ3v) is 6.75. The van der Waals surface area contributed by atoms with Crippen molar-refractivity contribution in [3.05, 3.63) is 72.3 Å². The smallest absolute Gasteiger partial charge is 0.252 e. The van der Waals surface area contributed by atoms with E-state index in [0.717, 1.165) is 60.5 Å². The third-order valence-electron chi connectivity index (χ3n) is 6.75. The molecule has 0 N–H and O–H groups in total. The summed E-state index contributed by atoms with van der Waals surface area (Å²) in [5.74, 6) is 0.924. The van der Waals surface area contributed by atoms with Gasteiger partial charge in [-0.2, -0.15) is 0 Å². The number of amides is 1. The number of carbonyl (C=O) groups is 1. The molecule has 3 aromatic rings. The molecule has 0 spiro atoms. The second kappa shape index (κ2) is 13.9. The number of methoxy groups -OCH3 is 1. The Kier molecular flexibility index (Phi) is 10.0. The molecule has 1 aliphatic rings. The van der Waals surface area contributed by atoms with Gasteiger partial charge in [0, 0.05) is 56.0 Å². The summed E-state index contributed by atoms with van der Waals surface area (Å²) in [5.41, 5.74) is 5.24. The van der Waals surface area contributed by atoms with Crippen LogP contribution in [0.5, 0.6) is 5.75 Å². The number of para-hydroxylation sites is 1. The predicted octanol–water partition coefficient (Wildman–Crippen LogP) is 5.49. The summed E-state index contributed by atoms with van der Waals surface area (Å²) in [5, 5.41) is 0. The first-order chi connectivity index (χ1) is 18.2. The number of nitrogens with zero attached hydrogens (tertiary/aromatic N) is 4. The zero-order chi connectivity index (χ0) is 25.9. The molecule has 4 rings (SSSR count). The summed E-state index contributed by atoms with van der Waals surface area (Å²) in [6.45, 7) is 5.89. The molecule has 196 valence electrons. The lowest BCUT2D eigenvalue weighted by Gasteiger charge is -2.30. The van der Waals surface area contributed by atoms with E-state index in [-0.39, 0.29) is 12.5 Å². The fourth-order valence-electron chi connectivity index (χ4n) is 4.95. The van der Waals surface area contributed by atoms with E-state index in [9.17, 15) is 4.79 Å². The van der Waals surface area contributed by atoms with E-state index in [0.29, 0.717) is 19.7 Å². The Morgan fingerprint density at radius 3 is 2.49 bits per heavy atom. The Morgan fingerprint density at radius 1 is 0.946 bits per heavy atom. The average Bonchev–Trinajstić information content (AvgIpc) is 2.91. The van der Waals surface area contributed by atoms with E-state index >= 15 is 0 Å². The summed E-state index contributed by atoms with van der Waals surface area (Å²) in [7, 11) is 1.57. The quantitative estimate of drug-likeness (QED) is 0.426. The molecule has 1 aromatic heterocycles. The summed E-state index contributed by atoms with van der Waals surface area (Å²) in [6, 6.07) is 14.6.